The first-order valence-corrected chi connectivity index (χ1v) is 7.06. The predicted molar refractivity (Wildman–Crippen MR) is 96.2 cm³/mol. The number of nitrogens with one attached hydrogen (secondary N) is 1. The highest BCUT2D eigenvalue weighted by Gasteiger charge is 2.27. The summed E-state index contributed by atoms with van der Waals surface area (Å²) in [6, 6.07) is 4.94. The van der Waals surface area contributed by atoms with E-state index in [1.54, 1.807) is 19.1 Å². The van der Waals surface area contributed by atoms with E-state index in [9.17, 15) is 9.18 Å². The normalized spacial score (nSPS) is 14.2. The number of hydrogen-bond donors (Lipinski definition) is 2. The topological polar surface area (TPSA) is 70.7 Å². The number of halogens is 2. The van der Waals surface area contributed by atoms with Crippen molar-refractivity contribution in [2.75, 3.05) is 20.1 Å². The summed E-state index contributed by atoms with van der Waals surface area (Å²) in [5, 5.41) is 2.70. The summed E-state index contributed by atoms with van der Waals surface area (Å²) in [5.41, 5.74) is 6.67. The number of carbonyl (C=O) groups is 1. The van der Waals surface area contributed by atoms with Crippen molar-refractivity contribution in [2.45, 2.75) is 25.8 Å². The second-order valence-corrected chi connectivity index (χ2v) is 5.30. The lowest BCUT2D eigenvalue weighted by molar-refractivity contribution is 0.0954. The van der Waals surface area contributed by atoms with E-state index in [1.807, 2.05) is 11.9 Å². The molecule has 0 heterocycles. The Balaban J connectivity index is 0.00000242. The van der Waals surface area contributed by atoms with E-state index in [0.717, 1.165) is 12.8 Å². The second-order valence-electron chi connectivity index (χ2n) is 5.30. The standard InChI is InChI=1S/C15H21FN4O.HI/c1-10-3-4-11(9-13(10)16)14(21)18-7-8-19-15(17)20(2)12-5-6-12;/h3-4,9,12H,5-8H2,1-2H3,(H2,17,19)(H,18,21);1H. The third-order valence-electron chi connectivity index (χ3n) is 3.56. The van der Waals surface area contributed by atoms with Gasteiger partial charge in [0, 0.05) is 25.2 Å². The van der Waals surface area contributed by atoms with Crippen LogP contribution in [-0.4, -0.2) is 42.9 Å². The quantitative estimate of drug-likeness (QED) is 0.331. The number of hydrogen-bond acceptors (Lipinski definition) is 2. The van der Waals surface area contributed by atoms with E-state index in [-0.39, 0.29) is 35.7 Å². The zero-order valence-electron chi connectivity index (χ0n) is 12.8. The van der Waals surface area contributed by atoms with Crippen molar-refractivity contribution >= 4 is 35.8 Å². The number of rotatable bonds is 5. The van der Waals surface area contributed by atoms with Gasteiger partial charge in [0.1, 0.15) is 5.82 Å². The molecular weight excluding hydrogens is 398 g/mol. The molecular formula is C15H22FIN4O. The Morgan fingerprint density at radius 3 is 2.77 bits per heavy atom. The van der Waals surface area contributed by atoms with Crippen LogP contribution in [0, 0.1) is 12.7 Å². The van der Waals surface area contributed by atoms with Gasteiger partial charge in [-0.2, -0.15) is 0 Å². The number of guanidine groups is 1. The molecule has 0 spiro atoms. The minimum absolute atomic E-state index is 0. The Kier molecular flexibility index (Phi) is 7.05. The van der Waals surface area contributed by atoms with Gasteiger partial charge in [0.2, 0.25) is 0 Å². The molecule has 1 aliphatic rings. The number of aliphatic imine (C=N–C) groups is 1. The van der Waals surface area contributed by atoms with Crippen LogP contribution in [-0.2, 0) is 0 Å². The summed E-state index contributed by atoms with van der Waals surface area (Å²) in [6.07, 6.45) is 2.31. The summed E-state index contributed by atoms with van der Waals surface area (Å²) in [7, 11) is 1.92. The van der Waals surface area contributed by atoms with Crippen LogP contribution in [0.4, 0.5) is 4.39 Å². The monoisotopic (exact) mass is 420 g/mol. The van der Waals surface area contributed by atoms with Gasteiger partial charge in [-0.15, -0.1) is 24.0 Å². The maximum Gasteiger partial charge on any atom is 0.251 e. The first kappa shape index (κ1) is 18.7. The fraction of sp³-hybridized carbons (Fsp3) is 0.467. The first-order chi connectivity index (χ1) is 9.99. The van der Waals surface area contributed by atoms with E-state index in [1.165, 1.54) is 6.07 Å². The summed E-state index contributed by atoms with van der Waals surface area (Å²) < 4.78 is 13.4. The summed E-state index contributed by atoms with van der Waals surface area (Å²) in [4.78, 5) is 18.0. The molecule has 5 nitrogen and oxygen atoms in total. The van der Waals surface area contributed by atoms with Crippen molar-refractivity contribution in [1.82, 2.24) is 10.2 Å². The van der Waals surface area contributed by atoms with Gasteiger partial charge >= 0.3 is 0 Å². The molecule has 2 rings (SSSR count). The van der Waals surface area contributed by atoms with Crippen LogP contribution in [0.2, 0.25) is 0 Å². The lowest BCUT2D eigenvalue weighted by Crippen LogP contribution is -2.36. The minimum atomic E-state index is -0.379. The van der Waals surface area contributed by atoms with Gasteiger partial charge in [0.25, 0.3) is 5.91 Å². The van der Waals surface area contributed by atoms with Crippen LogP contribution in [0.15, 0.2) is 23.2 Å². The Hall–Kier alpha value is -1.38. The molecule has 0 aromatic heterocycles. The Bertz CT molecular complexity index is 560. The molecule has 3 N–H and O–H groups in total. The van der Waals surface area contributed by atoms with Gasteiger partial charge in [-0.3, -0.25) is 9.79 Å². The van der Waals surface area contributed by atoms with Gasteiger partial charge in [-0.05, 0) is 37.5 Å². The number of nitrogens with zero attached hydrogens (tertiary/aromatic N) is 2. The molecule has 0 bridgehead atoms. The minimum Gasteiger partial charge on any atom is -0.370 e. The van der Waals surface area contributed by atoms with Crippen LogP contribution in [0.5, 0.6) is 0 Å². The zero-order chi connectivity index (χ0) is 15.4. The molecule has 122 valence electrons. The molecule has 22 heavy (non-hydrogen) atoms. The van der Waals surface area contributed by atoms with E-state index in [0.29, 0.717) is 36.2 Å². The molecule has 7 heteroatoms. The van der Waals surface area contributed by atoms with Crippen molar-refractivity contribution in [3.8, 4) is 0 Å². The van der Waals surface area contributed by atoms with E-state index < -0.39 is 0 Å². The first-order valence-electron chi connectivity index (χ1n) is 7.06. The fourth-order valence-corrected chi connectivity index (χ4v) is 1.94. The molecule has 1 fully saturated rings. The maximum absolute atomic E-state index is 13.4. The lowest BCUT2D eigenvalue weighted by atomic mass is 10.1. The second kappa shape index (κ2) is 8.30. The molecule has 0 aliphatic heterocycles. The highest BCUT2D eigenvalue weighted by molar-refractivity contribution is 14.0. The molecule has 1 aromatic rings. The summed E-state index contributed by atoms with van der Waals surface area (Å²) >= 11 is 0. The van der Waals surface area contributed by atoms with Crippen LogP contribution in [0.25, 0.3) is 0 Å². The smallest absolute Gasteiger partial charge is 0.251 e. The number of aryl methyl sites for hydroxylation is 1. The fourth-order valence-electron chi connectivity index (χ4n) is 1.94. The molecule has 1 saturated carbocycles. The van der Waals surface area contributed by atoms with E-state index in [4.69, 9.17) is 5.73 Å². The molecule has 0 saturated heterocycles. The average Bonchev–Trinajstić information content (AvgIpc) is 3.29. The van der Waals surface area contributed by atoms with Crippen molar-refractivity contribution in [1.29, 1.82) is 0 Å². The highest BCUT2D eigenvalue weighted by atomic mass is 127. The van der Waals surface area contributed by atoms with Crippen LogP contribution in [0.3, 0.4) is 0 Å². The van der Waals surface area contributed by atoms with Crippen molar-refractivity contribution in [3.05, 3.63) is 35.1 Å². The highest BCUT2D eigenvalue weighted by Crippen LogP contribution is 2.24. The Morgan fingerprint density at radius 1 is 1.50 bits per heavy atom. The van der Waals surface area contributed by atoms with Crippen LogP contribution < -0.4 is 11.1 Å². The maximum atomic E-state index is 13.4. The van der Waals surface area contributed by atoms with E-state index in [2.05, 4.69) is 10.3 Å². The molecule has 0 atom stereocenters. The summed E-state index contributed by atoms with van der Waals surface area (Å²) in [6.45, 7) is 2.43. The average molecular weight is 420 g/mol. The van der Waals surface area contributed by atoms with Gasteiger partial charge in [-0.1, -0.05) is 6.07 Å². The predicted octanol–water partition coefficient (Wildman–Crippen LogP) is 1.89. The molecule has 1 amide bonds. The van der Waals surface area contributed by atoms with Gasteiger partial charge in [0.15, 0.2) is 5.96 Å². The Morgan fingerprint density at radius 2 is 2.18 bits per heavy atom. The third kappa shape index (κ3) is 5.11. The molecule has 1 aromatic carbocycles. The molecule has 1 aliphatic carbocycles. The van der Waals surface area contributed by atoms with E-state index >= 15 is 0 Å². The lowest BCUT2D eigenvalue weighted by Gasteiger charge is -2.16. The summed E-state index contributed by atoms with van der Waals surface area (Å²) in [5.74, 6) is -0.192. The number of carbonyl (C=O) groups excluding carboxylic acids is 1. The van der Waals surface area contributed by atoms with Crippen molar-refractivity contribution in [2.24, 2.45) is 10.7 Å². The van der Waals surface area contributed by atoms with Gasteiger partial charge < -0.3 is 16.0 Å². The van der Waals surface area contributed by atoms with Gasteiger partial charge in [0.05, 0.1) is 6.54 Å². The van der Waals surface area contributed by atoms with Crippen LogP contribution in [0.1, 0.15) is 28.8 Å². The largest absolute Gasteiger partial charge is 0.370 e. The number of nitrogens with two attached hydrogens (primary N) is 1. The van der Waals surface area contributed by atoms with Gasteiger partial charge in [-0.25, -0.2) is 4.39 Å². The number of benzene rings is 1. The zero-order valence-corrected chi connectivity index (χ0v) is 15.1. The van der Waals surface area contributed by atoms with Crippen LogP contribution >= 0.6 is 24.0 Å². The molecule has 0 radical (unpaired) electrons. The SMILES string of the molecule is Cc1ccc(C(=O)NCCN=C(N)N(C)C2CC2)cc1F.I. The van der Waals surface area contributed by atoms with Crippen molar-refractivity contribution in [3.63, 3.8) is 0 Å². The molecule has 0 unspecified atom stereocenters. The number of amides is 1. The Labute approximate surface area is 147 Å². The van der Waals surface area contributed by atoms with Crippen molar-refractivity contribution < 1.29 is 9.18 Å². The third-order valence-corrected chi connectivity index (χ3v) is 3.56.